The van der Waals surface area contributed by atoms with Crippen molar-refractivity contribution in [3.8, 4) is 0 Å². The SMILES string of the molecule is O=C1Nc2ccc(S(=O)(=O)Nc3ccc(C(F)(F)F)cc3)cc2C1=Cc1ccc(Cl)c(Cl)c1. The summed E-state index contributed by atoms with van der Waals surface area (Å²) in [4.78, 5) is 12.3. The molecular weight excluding hydrogens is 500 g/mol. The molecule has 11 heteroatoms. The second-order valence-corrected chi connectivity index (χ2v) is 9.57. The number of anilines is 2. The number of carbonyl (C=O) groups excluding carboxylic acids is 1. The quantitative estimate of drug-likeness (QED) is 0.402. The molecule has 0 spiro atoms. The largest absolute Gasteiger partial charge is 0.416 e. The standard InChI is InChI=1S/C22H13Cl2F3N2O3S/c23-18-7-1-12(10-19(18)24)9-17-16-11-15(6-8-20(16)28-21(17)30)33(31,32)29-14-4-2-13(3-5-14)22(25,26)27/h1-11,29H,(H,28,30). The topological polar surface area (TPSA) is 75.3 Å². The second kappa shape index (κ2) is 8.40. The maximum atomic E-state index is 12.8. The summed E-state index contributed by atoms with van der Waals surface area (Å²) in [5.41, 5.74) is 0.628. The van der Waals surface area contributed by atoms with Crippen molar-refractivity contribution < 1.29 is 26.4 Å². The van der Waals surface area contributed by atoms with Gasteiger partial charge in [0.1, 0.15) is 0 Å². The van der Waals surface area contributed by atoms with Crippen LogP contribution in [0.3, 0.4) is 0 Å². The van der Waals surface area contributed by atoms with E-state index >= 15 is 0 Å². The predicted octanol–water partition coefficient (Wildman–Crippen LogP) is 6.31. The molecule has 0 fully saturated rings. The van der Waals surface area contributed by atoms with E-state index in [0.717, 1.165) is 24.3 Å². The van der Waals surface area contributed by atoms with E-state index in [4.69, 9.17) is 23.2 Å². The number of alkyl halides is 3. The first-order chi connectivity index (χ1) is 15.4. The number of hydrogen-bond acceptors (Lipinski definition) is 3. The first kappa shape index (κ1) is 23.2. The summed E-state index contributed by atoms with van der Waals surface area (Å²) in [6.07, 6.45) is -2.99. The molecule has 170 valence electrons. The lowest BCUT2D eigenvalue weighted by Crippen LogP contribution is -2.13. The minimum atomic E-state index is -4.53. The van der Waals surface area contributed by atoms with Crippen LogP contribution in [0.5, 0.6) is 0 Å². The number of rotatable bonds is 4. The maximum absolute atomic E-state index is 12.8. The van der Waals surface area contributed by atoms with Crippen molar-refractivity contribution in [2.45, 2.75) is 11.1 Å². The van der Waals surface area contributed by atoms with Crippen LogP contribution >= 0.6 is 23.2 Å². The summed E-state index contributed by atoms with van der Waals surface area (Å²) < 4.78 is 66.1. The van der Waals surface area contributed by atoms with Gasteiger partial charge in [-0.1, -0.05) is 29.3 Å². The molecule has 0 radical (unpaired) electrons. The van der Waals surface area contributed by atoms with Crippen LogP contribution in [0.4, 0.5) is 24.5 Å². The van der Waals surface area contributed by atoms with Crippen molar-refractivity contribution in [2.24, 2.45) is 0 Å². The van der Waals surface area contributed by atoms with Gasteiger partial charge in [-0.25, -0.2) is 8.42 Å². The van der Waals surface area contributed by atoms with Gasteiger partial charge < -0.3 is 5.32 Å². The minimum absolute atomic E-state index is 0.0377. The molecule has 5 nitrogen and oxygen atoms in total. The Labute approximate surface area is 196 Å². The zero-order chi connectivity index (χ0) is 24.0. The van der Waals surface area contributed by atoms with E-state index in [1.54, 1.807) is 24.3 Å². The fraction of sp³-hybridized carbons (Fsp3) is 0.0455. The Hall–Kier alpha value is -3.01. The number of carbonyl (C=O) groups is 1. The molecule has 33 heavy (non-hydrogen) atoms. The van der Waals surface area contributed by atoms with Crippen molar-refractivity contribution in [3.05, 3.63) is 87.4 Å². The number of fused-ring (bicyclic) bond motifs is 1. The van der Waals surface area contributed by atoms with Gasteiger partial charge in [-0.2, -0.15) is 13.2 Å². The van der Waals surface area contributed by atoms with Crippen LogP contribution in [-0.4, -0.2) is 14.3 Å². The third kappa shape index (κ3) is 4.85. The van der Waals surface area contributed by atoms with Crippen LogP contribution in [0.25, 0.3) is 11.6 Å². The van der Waals surface area contributed by atoms with E-state index in [1.165, 1.54) is 18.2 Å². The molecule has 0 aliphatic carbocycles. The van der Waals surface area contributed by atoms with Gasteiger partial charge in [0.05, 0.1) is 20.5 Å². The highest BCUT2D eigenvalue weighted by Crippen LogP contribution is 2.36. The van der Waals surface area contributed by atoms with E-state index in [1.807, 2.05) is 0 Å². The van der Waals surface area contributed by atoms with Crippen molar-refractivity contribution in [3.63, 3.8) is 0 Å². The van der Waals surface area contributed by atoms with E-state index in [-0.39, 0.29) is 16.2 Å². The average Bonchev–Trinajstić information content (AvgIpc) is 3.04. The Bertz CT molecular complexity index is 1400. The van der Waals surface area contributed by atoms with E-state index in [0.29, 0.717) is 26.9 Å². The highest BCUT2D eigenvalue weighted by molar-refractivity contribution is 7.92. The maximum Gasteiger partial charge on any atom is 0.416 e. The van der Waals surface area contributed by atoms with E-state index < -0.39 is 27.7 Å². The van der Waals surface area contributed by atoms with Gasteiger partial charge in [-0.05, 0) is 66.2 Å². The fourth-order valence-electron chi connectivity index (χ4n) is 3.19. The number of sulfonamides is 1. The Balaban J connectivity index is 1.66. The van der Waals surface area contributed by atoms with Gasteiger partial charge in [0, 0.05) is 22.5 Å². The minimum Gasteiger partial charge on any atom is -0.321 e. The molecule has 1 aliphatic rings. The molecule has 1 heterocycles. The molecular formula is C22H13Cl2F3N2O3S. The molecule has 3 aromatic carbocycles. The molecule has 0 bridgehead atoms. The molecule has 1 amide bonds. The lowest BCUT2D eigenvalue weighted by molar-refractivity contribution is -0.137. The van der Waals surface area contributed by atoms with Crippen LogP contribution in [0.1, 0.15) is 16.7 Å². The number of benzene rings is 3. The van der Waals surface area contributed by atoms with Crippen LogP contribution in [-0.2, 0) is 21.0 Å². The monoisotopic (exact) mass is 512 g/mol. The van der Waals surface area contributed by atoms with Crippen molar-refractivity contribution in [1.29, 1.82) is 0 Å². The van der Waals surface area contributed by atoms with Crippen molar-refractivity contribution in [1.82, 2.24) is 0 Å². The summed E-state index contributed by atoms with van der Waals surface area (Å²) in [5.74, 6) is -0.429. The average molecular weight is 513 g/mol. The van der Waals surface area contributed by atoms with Crippen LogP contribution < -0.4 is 10.0 Å². The molecule has 4 rings (SSSR count). The lowest BCUT2D eigenvalue weighted by Gasteiger charge is -2.11. The van der Waals surface area contributed by atoms with Gasteiger partial charge in [0.15, 0.2) is 0 Å². The normalized spacial score (nSPS) is 14.8. The highest BCUT2D eigenvalue weighted by Gasteiger charge is 2.30. The van der Waals surface area contributed by atoms with Gasteiger partial charge >= 0.3 is 6.18 Å². The molecule has 0 unspecified atom stereocenters. The molecule has 2 N–H and O–H groups in total. The lowest BCUT2D eigenvalue weighted by atomic mass is 10.0. The molecule has 1 aliphatic heterocycles. The highest BCUT2D eigenvalue weighted by atomic mass is 35.5. The summed E-state index contributed by atoms with van der Waals surface area (Å²) in [5, 5.41) is 3.29. The van der Waals surface area contributed by atoms with E-state index in [2.05, 4.69) is 10.0 Å². The number of nitrogens with one attached hydrogen (secondary N) is 2. The predicted molar refractivity (Wildman–Crippen MR) is 122 cm³/mol. The first-order valence-corrected chi connectivity index (χ1v) is 11.5. The molecule has 0 aromatic heterocycles. The molecule has 0 saturated heterocycles. The van der Waals surface area contributed by atoms with Crippen LogP contribution in [0, 0.1) is 0 Å². The zero-order valence-corrected chi connectivity index (χ0v) is 18.7. The summed E-state index contributed by atoms with van der Waals surface area (Å²) in [7, 11) is -4.15. The molecule has 0 atom stereocenters. The second-order valence-electron chi connectivity index (χ2n) is 7.07. The zero-order valence-electron chi connectivity index (χ0n) is 16.4. The fourth-order valence-corrected chi connectivity index (χ4v) is 4.58. The van der Waals surface area contributed by atoms with Gasteiger partial charge in [-0.3, -0.25) is 9.52 Å². The Morgan fingerprint density at radius 3 is 2.24 bits per heavy atom. The number of halogens is 5. The third-order valence-electron chi connectivity index (χ3n) is 4.80. The van der Waals surface area contributed by atoms with E-state index in [9.17, 15) is 26.4 Å². The number of amides is 1. The van der Waals surface area contributed by atoms with Gasteiger partial charge in [-0.15, -0.1) is 0 Å². The van der Waals surface area contributed by atoms with Gasteiger partial charge in [0.25, 0.3) is 15.9 Å². The van der Waals surface area contributed by atoms with Crippen LogP contribution in [0.2, 0.25) is 10.0 Å². The summed E-state index contributed by atoms with van der Waals surface area (Å²) in [6, 6.07) is 12.4. The first-order valence-electron chi connectivity index (χ1n) is 9.27. The van der Waals surface area contributed by atoms with Crippen molar-refractivity contribution in [2.75, 3.05) is 10.0 Å². The summed E-state index contributed by atoms with van der Waals surface area (Å²) >= 11 is 11.9. The van der Waals surface area contributed by atoms with Crippen molar-refractivity contribution >= 4 is 62.2 Å². The van der Waals surface area contributed by atoms with Crippen LogP contribution in [0.15, 0.2) is 65.6 Å². The van der Waals surface area contributed by atoms with Gasteiger partial charge in [0.2, 0.25) is 0 Å². The smallest absolute Gasteiger partial charge is 0.321 e. The summed E-state index contributed by atoms with van der Waals surface area (Å²) in [6.45, 7) is 0. The molecule has 0 saturated carbocycles. The third-order valence-corrected chi connectivity index (χ3v) is 6.92. The number of hydrogen-bond donors (Lipinski definition) is 2. The Morgan fingerprint density at radius 1 is 0.909 bits per heavy atom. The Morgan fingerprint density at radius 2 is 1.61 bits per heavy atom. The molecule has 3 aromatic rings. The Kier molecular flexibility index (Phi) is 5.90.